The Bertz CT molecular complexity index is 709. The standard InChI is InChI=1S/C18H20N2O4S/c1-13(24-18(22)16-3-2-12-25-16)17(21)19-14-4-6-15(7-5-14)20-8-10-23-11-9-20/h2-7,12-13H,8-11H2,1H3,(H,19,21)/t13-/m1/s1. The van der Waals surface area contributed by atoms with Gasteiger partial charge >= 0.3 is 5.97 Å². The molecule has 1 aliphatic rings. The van der Waals surface area contributed by atoms with E-state index in [-0.39, 0.29) is 5.91 Å². The highest BCUT2D eigenvalue weighted by Crippen LogP contribution is 2.19. The van der Waals surface area contributed by atoms with Crippen molar-refractivity contribution >= 4 is 34.6 Å². The zero-order chi connectivity index (χ0) is 17.6. The number of ether oxygens (including phenoxy) is 2. The summed E-state index contributed by atoms with van der Waals surface area (Å²) in [5, 5.41) is 4.56. The lowest BCUT2D eigenvalue weighted by Gasteiger charge is -2.28. The van der Waals surface area contributed by atoms with Crippen LogP contribution in [-0.2, 0) is 14.3 Å². The third-order valence-electron chi connectivity index (χ3n) is 3.89. The van der Waals surface area contributed by atoms with Crippen LogP contribution >= 0.6 is 11.3 Å². The number of hydrogen-bond donors (Lipinski definition) is 1. The molecule has 3 rings (SSSR count). The molecule has 1 aliphatic heterocycles. The van der Waals surface area contributed by atoms with Gasteiger partial charge in [-0.25, -0.2) is 4.79 Å². The normalized spacial score (nSPS) is 15.5. The Morgan fingerprint density at radius 1 is 1.20 bits per heavy atom. The molecule has 0 bridgehead atoms. The van der Waals surface area contributed by atoms with E-state index in [9.17, 15) is 9.59 Å². The smallest absolute Gasteiger partial charge is 0.349 e. The van der Waals surface area contributed by atoms with E-state index in [0.717, 1.165) is 32.0 Å². The summed E-state index contributed by atoms with van der Waals surface area (Å²) in [4.78, 5) is 26.8. The maximum atomic E-state index is 12.2. The maximum Gasteiger partial charge on any atom is 0.349 e. The predicted molar refractivity (Wildman–Crippen MR) is 97.3 cm³/mol. The van der Waals surface area contributed by atoms with Gasteiger partial charge in [0, 0.05) is 24.5 Å². The summed E-state index contributed by atoms with van der Waals surface area (Å²) in [5.41, 5.74) is 1.76. The third-order valence-corrected chi connectivity index (χ3v) is 4.74. The number of nitrogens with zero attached hydrogens (tertiary/aromatic N) is 1. The first-order chi connectivity index (χ1) is 12.1. The second-order valence-corrected chi connectivity index (χ2v) is 6.61. The van der Waals surface area contributed by atoms with Gasteiger partial charge in [0.1, 0.15) is 4.88 Å². The fraction of sp³-hybridized carbons (Fsp3) is 0.333. The molecule has 1 N–H and O–H groups in total. The number of amides is 1. The fourth-order valence-corrected chi connectivity index (χ4v) is 3.09. The number of nitrogens with one attached hydrogen (secondary N) is 1. The van der Waals surface area contributed by atoms with Gasteiger partial charge in [-0.05, 0) is 42.6 Å². The maximum absolute atomic E-state index is 12.2. The molecule has 1 fully saturated rings. The van der Waals surface area contributed by atoms with Crippen LogP contribution in [0.5, 0.6) is 0 Å². The van der Waals surface area contributed by atoms with Crippen molar-refractivity contribution in [3.05, 3.63) is 46.7 Å². The first kappa shape index (κ1) is 17.4. The van der Waals surface area contributed by atoms with Gasteiger partial charge in [-0.2, -0.15) is 0 Å². The summed E-state index contributed by atoms with van der Waals surface area (Å²) >= 11 is 1.28. The lowest BCUT2D eigenvalue weighted by atomic mass is 10.2. The molecule has 2 heterocycles. The van der Waals surface area contributed by atoms with Crippen LogP contribution in [0.2, 0.25) is 0 Å². The minimum Gasteiger partial charge on any atom is -0.448 e. The van der Waals surface area contributed by atoms with Crippen molar-refractivity contribution in [3.8, 4) is 0 Å². The number of esters is 1. The van der Waals surface area contributed by atoms with Crippen molar-refractivity contribution in [1.29, 1.82) is 0 Å². The Morgan fingerprint density at radius 2 is 1.92 bits per heavy atom. The van der Waals surface area contributed by atoms with Gasteiger partial charge in [0.05, 0.1) is 13.2 Å². The Morgan fingerprint density at radius 3 is 2.56 bits per heavy atom. The summed E-state index contributed by atoms with van der Waals surface area (Å²) in [5.74, 6) is -0.843. The number of rotatable bonds is 5. The van der Waals surface area contributed by atoms with Crippen molar-refractivity contribution in [2.45, 2.75) is 13.0 Å². The summed E-state index contributed by atoms with van der Waals surface area (Å²) < 4.78 is 10.5. The zero-order valence-corrected chi connectivity index (χ0v) is 14.8. The molecule has 6 nitrogen and oxygen atoms in total. The van der Waals surface area contributed by atoms with E-state index in [1.54, 1.807) is 24.4 Å². The third kappa shape index (κ3) is 4.58. The second-order valence-electron chi connectivity index (χ2n) is 5.66. The number of morpholine rings is 1. The van der Waals surface area contributed by atoms with Crippen LogP contribution in [0.25, 0.3) is 0 Å². The van der Waals surface area contributed by atoms with Gasteiger partial charge in [-0.1, -0.05) is 6.07 Å². The fourth-order valence-electron chi connectivity index (χ4n) is 2.49. The van der Waals surface area contributed by atoms with Gasteiger partial charge < -0.3 is 19.7 Å². The predicted octanol–water partition coefficient (Wildman–Crippen LogP) is 2.77. The van der Waals surface area contributed by atoms with E-state index in [2.05, 4.69) is 10.2 Å². The van der Waals surface area contributed by atoms with E-state index in [1.165, 1.54) is 11.3 Å². The average molecular weight is 360 g/mol. The largest absolute Gasteiger partial charge is 0.448 e. The second kappa shape index (κ2) is 8.13. The summed E-state index contributed by atoms with van der Waals surface area (Å²) in [7, 11) is 0. The topological polar surface area (TPSA) is 67.9 Å². The molecule has 1 saturated heterocycles. The quantitative estimate of drug-likeness (QED) is 0.831. The molecule has 0 spiro atoms. The number of hydrogen-bond acceptors (Lipinski definition) is 6. The Kier molecular flexibility index (Phi) is 5.67. The van der Waals surface area contributed by atoms with Crippen molar-refractivity contribution in [1.82, 2.24) is 0 Å². The summed E-state index contributed by atoms with van der Waals surface area (Å²) in [6.07, 6.45) is -0.867. The van der Waals surface area contributed by atoms with Crippen LogP contribution in [0.4, 0.5) is 11.4 Å². The van der Waals surface area contributed by atoms with Gasteiger partial charge in [-0.15, -0.1) is 11.3 Å². The van der Waals surface area contributed by atoms with E-state index in [1.807, 2.05) is 24.3 Å². The van der Waals surface area contributed by atoms with Crippen molar-refractivity contribution in [2.24, 2.45) is 0 Å². The van der Waals surface area contributed by atoms with Crippen LogP contribution in [0.15, 0.2) is 41.8 Å². The number of anilines is 2. The average Bonchev–Trinajstić information content (AvgIpc) is 3.18. The molecule has 0 saturated carbocycles. The summed E-state index contributed by atoms with van der Waals surface area (Å²) in [6.45, 7) is 4.74. The molecule has 25 heavy (non-hydrogen) atoms. The highest BCUT2D eigenvalue weighted by molar-refractivity contribution is 7.11. The molecule has 0 radical (unpaired) electrons. The summed E-state index contributed by atoms with van der Waals surface area (Å²) in [6, 6.07) is 11.0. The minimum absolute atomic E-state index is 0.357. The molecule has 132 valence electrons. The minimum atomic E-state index is -0.867. The molecule has 1 amide bonds. The first-order valence-electron chi connectivity index (χ1n) is 8.11. The molecular weight excluding hydrogens is 340 g/mol. The monoisotopic (exact) mass is 360 g/mol. The highest BCUT2D eigenvalue weighted by Gasteiger charge is 2.19. The molecule has 2 aromatic rings. The lowest BCUT2D eigenvalue weighted by molar-refractivity contribution is -0.123. The lowest BCUT2D eigenvalue weighted by Crippen LogP contribution is -2.36. The Labute approximate surface area is 150 Å². The van der Waals surface area contributed by atoms with E-state index in [4.69, 9.17) is 9.47 Å². The van der Waals surface area contributed by atoms with Gasteiger partial charge in [0.2, 0.25) is 0 Å². The Hall–Kier alpha value is -2.38. The van der Waals surface area contributed by atoms with Crippen LogP contribution in [-0.4, -0.2) is 44.3 Å². The van der Waals surface area contributed by atoms with Crippen molar-refractivity contribution in [2.75, 3.05) is 36.5 Å². The molecule has 1 aromatic carbocycles. The highest BCUT2D eigenvalue weighted by atomic mass is 32.1. The molecule has 0 unspecified atom stereocenters. The first-order valence-corrected chi connectivity index (χ1v) is 8.99. The van der Waals surface area contributed by atoms with Crippen molar-refractivity contribution < 1.29 is 19.1 Å². The van der Waals surface area contributed by atoms with Crippen LogP contribution in [0.3, 0.4) is 0 Å². The molecule has 1 atom stereocenters. The number of benzene rings is 1. The van der Waals surface area contributed by atoms with Gasteiger partial charge in [-0.3, -0.25) is 4.79 Å². The number of thiophene rings is 1. The van der Waals surface area contributed by atoms with E-state index in [0.29, 0.717) is 10.6 Å². The van der Waals surface area contributed by atoms with Gasteiger partial charge in [0.25, 0.3) is 5.91 Å². The molecule has 1 aromatic heterocycles. The van der Waals surface area contributed by atoms with E-state index >= 15 is 0 Å². The number of carbonyl (C=O) groups is 2. The SMILES string of the molecule is C[C@@H](OC(=O)c1cccs1)C(=O)Nc1ccc(N2CCOCC2)cc1. The number of carbonyl (C=O) groups excluding carboxylic acids is 2. The van der Waals surface area contributed by atoms with E-state index < -0.39 is 12.1 Å². The van der Waals surface area contributed by atoms with Crippen LogP contribution in [0.1, 0.15) is 16.6 Å². The van der Waals surface area contributed by atoms with Crippen molar-refractivity contribution in [3.63, 3.8) is 0 Å². The molecule has 7 heteroatoms. The molecule has 0 aliphatic carbocycles. The Balaban J connectivity index is 1.54. The van der Waals surface area contributed by atoms with Crippen LogP contribution < -0.4 is 10.2 Å². The van der Waals surface area contributed by atoms with Crippen LogP contribution in [0, 0.1) is 0 Å². The van der Waals surface area contributed by atoms with Gasteiger partial charge in [0.15, 0.2) is 6.10 Å². The molecular formula is C18H20N2O4S. The zero-order valence-electron chi connectivity index (χ0n) is 13.9.